The van der Waals surface area contributed by atoms with E-state index in [0.717, 1.165) is 0 Å². The molecule has 1 fully saturated rings. The van der Waals surface area contributed by atoms with Crippen LogP contribution in [0.4, 0.5) is 0 Å². The zero-order chi connectivity index (χ0) is 9.90. The Bertz CT molecular complexity index is 288. The maximum Gasteiger partial charge on any atom is 0.180 e. The lowest BCUT2D eigenvalue weighted by Crippen LogP contribution is -2.41. The molecule has 0 bridgehead atoms. The van der Waals surface area contributed by atoms with E-state index < -0.39 is 9.84 Å². The molecule has 0 aliphatic carbocycles. The van der Waals surface area contributed by atoms with Crippen LogP contribution < -0.4 is 16.6 Å². The Labute approximate surface area is 83.0 Å². The summed E-state index contributed by atoms with van der Waals surface area (Å²) in [5.74, 6) is 5.75. The van der Waals surface area contributed by atoms with Gasteiger partial charge in [-0.2, -0.15) is 0 Å². The number of nitrogens with two attached hydrogens (primary N) is 1. The van der Waals surface area contributed by atoms with Crippen LogP contribution in [0, 0.1) is 5.92 Å². The van der Waals surface area contributed by atoms with Crippen molar-refractivity contribution in [1.82, 2.24) is 10.7 Å². The lowest BCUT2D eigenvalue weighted by molar-refractivity contribution is 0.570. The topological polar surface area (TPSA) is 84.2 Å². The van der Waals surface area contributed by atoms with Crippen molar-refractivity contribution in [3.05, 3.63) is 0 Å². The first-order valence-electron chi connectivity index (χ1n) is 3.98. The van der Waals surface area contributed by atoms with Gasteiger partial charge >= 0.3 is 0 Å². The lowest BCUT2D eigenvalue weighted by atomic mass is 10.1. The third-order valence-electron chi connectivity index (χ3n) is 2.01. The fraction of sp³-hybridized carbons (Fsp3) is 0.833. The Morgan fingerprint density at radius 1 is 1.62 bits per heavy atom. The van der Waals surface area contributed by atoms with Crippen molar-refractivity contribution in [3.8, 4) is 0 Å². The van der Waals surface area contributed by atoms with Gasteiger partial charge in [-0.25, -0.2) is 14.3 Å². The molecule has 7 heteroatoms. The van der Waals surface area contributed by atoms with Crippen LogP contribution >= 0.6 is 12.2 Å². The van der Waals surface area contributed by atoms with Crippen molar-refractivity contribution in [2.45, 2.75) is 6.42 Å². The van der Waals surface area contributed by atoms with E-state index >= 15 is 0 Å². The molecule has 1 heterocycles. The molecule has 13 heavy (non-hydrogen) atoms. The fourth-order valence-corrected chi connectivity index (χ4v) is 3.27. The minimum absolute atomic E-state index is 0.163. The van der Waals surface area contributed by atoms with Gasteiger partial charge in [-0.05, 0) is 24.6 Å². The van der Waals surface area contributed by atoms with Gasteiger partial charge in [0.15, 0.2) is 14.9 Å². The highest BCUT2D eigenvalue weighted by Crippen LogP contribution is 2.17. The zero-order valence-electron chi connectivity index (χ0n) is 7.12. The molecule has 1 unspecified atom stereocenters. The maximum atomic E-state index is 11.1. The number of thiocarbonyl (C=S) groups is 1. The summed E-state index contributed by atoms with van der Waals surface area (Å²) in [6, 6.07) is 0. The molecule has 0 aromatic carbocycles. The standard InChI is InChI=1S/C6H13N3O2S2/c7-9-6(12)8-3-5-1-2-13(10,11)4-5/h5H,1-4,7H2,(H2,8,9,12). The molecule has 0 aromatic heterocycles. The van der Waals surface area contributed by atoms with Crippen molar-refractivity contribution in [3.63, 3.8) is 0 Å². The van der Waals surface area contributed by atoms with Crippen LogP contribution in [0.1, 0.15) is 6.42 Å². The monoisotopic (exact) mass is 223 g/mol. The second-order valence-corrected chi connectivity index (χ2v) is 5.76. The Kier molecular flexibility index (Phi) is 3.46. The first-order chi connectivity index (χ1) is 6.03. The second kappa shape index (κ2) is 4.21. The van der Waals surface area contributed by atoms with E-state index in [1.807, 2.05) is 0 Å². The summed E-state index contributed by atoms with van der Waals surface area (Å²) in [5, 5.41) is 3.19. The second-order valence-electron chi connectivity index (χ2n) is 3.12. The first-order valence-corrected chi connectivity index (χ1v) is 6.21. The van der Waals surface area contributed by atoms with Gasteiger partial charge in [-0.1, -0.05) is 0 Å². The summed E-state index contributed by atoms with van der Waals surface area (Å²) < 4.78 is 22.1. The molecule has 1 rings (SSSR count). The molecule has 76 valence electrons. The molecule has 1 saturated heterocycles. The van der Waals surface area contributed by atoms with Gasteiger partial charge in [-0.15, -0.1) is 0 Å². The molecule has 1 aliphatic rings. The zero-order valence-corrected chi connectivity index (χ0v) is 8.75. The van der Waals surface area contributed by atoms with Crippen LogP contribution in [0.5, 0.6) is 0 Å². The number of rotatable bonds is 2. The smallest absolute Gasteiger partial charge is 0.180 e. The number of sulfone groups is 1. The van der Waals surface area contributed by atoms with Crippen LogP contribution in [-0.4, -0.2) is 31.6 Å². The molecule has 0 saturated carbocycles. The van der Waals surface area contributed by atoms with E-state index in [9.17, 15) is 8.42 Å². The minimum Gasteiger partial charge on any atom is -0.361 e. The summed E-state index contributed by atoms with van der Waals surface area (Å²) in [6.07, 6.45) is 0.711. The molecular formula is C6H13N3O2S2. The van der Waals surface area contributed by atoms with Gasteiger partial charge in [0, 0.05) is 6.54 Å². The Morgan fingerprint density at radius 2 is 2.31 bits per heavy atom. The van der Waals surface area contributed by atoms with Crippen LogP contribution in [0.15, 0.2) is 0 Å². The first kappa shape index (κ1) is 10.7. The van der Waals surface area contributed by atoms with Crippen molar-refractivity contribution < 1.29 is 8.42 Å². The molecule has 0 radical (unpaired) electrons. The predicted molar refractivity (Wildman–Crippen MR) is 54.7 cm³/mol. The summed E-state index contributed by atoms with van der Waals surface area (Å²) >= 11 is 4.75. The average Bonchev–Trinajstić information content (AvgIpc) is 2.41. The van der Waals surface area contributed by atoms with Crippen molar-refractivity contribution in [2.24, 2.45) is 11.8 Å². The summed E-state index contributed by atoms with van der Waals surface area (Å²) in [7, 11) is -2.79. The van der Waals surface area contributed by atoms with E-state index in [4.69, 9.17) is 18.1 Å². The average molecular weight is 223 g/mol. The van der Waals surface area contributed by atoms with Crippen LogP contribution in [-0.2, 0) is 9.84 Å². The summed E-state index contributed by atoms with van der Waals surface area (Å²) in [5.41, 5.74) is 2.28. The van der Waals surface area contributed by atoms with Gasteiger partial charge in [0.25, 0.3) is 0 Å². The molecule has 0 aromatic rings. The molecular weight excluding hydrogens is 210 g/mol. The molecule has 5 nitrogen and oxygen atoms in total. The van der Waals surface area contributed by atoms with E-state index in [0.29, 0.717) is 23.8 Å². The lowest BCUT2D eigenvalue weighted by Gasteiger charge is -2.10. The Morgan fingerprint density at radius 3 is 2.77 bits per heavy atom. The van der Waals surface area contributed by atoms with Gasteiger partial charge in [0.05, 0.1) is 11.5 Å². The van der Waals surface area contributed by atoms with E-state index in [1.165, 1.54) is 0 Å². The number of hydrazine groups is 1. The van der Waals surface area contributed by atoms with E-state index in [-0.39, 0.29) is 11.7 Å². The highest BCUT2D eigenvalue weighted by atomic mass is 32.2. The van der Waals surface area contributed by atoms with E-state index in [2.05, 4.69) is 10.7 Å². The quantitative estimate of drug-likeness (QED) is 0.308. The van der Waals surface area contributed by atoms with Gasteiger partial charge < -0.3 is 10.7 Å². The van der Waals surface area contributed by atoms with Crippen LogP contribution in [0.25, 0.3) is 0 Å². The van der Waals surface area contributed by atoms with Crippen molar-refractivity contribution in [1.29, 1.82) is 0 Å². The van der Waals surface area contributed by atoms with Crippen LogP contribution in [0.2, 0.25) is 0 Å². The highest BCUT2D eigenvalue weighted by Gasteiger charge is 2.27. The molecule has 0 amide bonds. The minimum atomic E-state index is -2.79. The normalized spacial score (nSPS) is 25.5. The van der Waals surface area contributed by atoms with E-state index in [1.54, 1.807) is 0 Å². The Hall–Kier alpha value is -0.400. The molecule has 1 aliphatic heterocycles. The van der Waals surface area contributed by atoms with Gasteiger partial charge in [0.2, 0.25) is 0 Å². The predicted octanol–water partition coefficient (Wildman–Crippen LogP) is -1.24. The van der Waals surface area contributed by atoms with Crippen molar-refractivity contribution in [2.75, 3.05) is 18.1 Å². The van der Waals surface area contributed by atoms with Crippen molar-refractivity contribution >= 4 is 27.2 Å². The Balaban J connectivity index is 2.29. The SMILES string of the molecule is NNC(=S)NCC1CCS(=O)(=O)C1. The van der Waals surface area contributed by atoms with Crippen LogP contribution in [0.3, 0.4) is 0 Å². The van der Waals surface area contributed by atoms with Gasteiger partial charge in [-0.3, -0.25) is 0 Å². The third kappa shape index (κ3) is 3.45. The summed E-state index contributed by atoms with van der Waals surface area (Å²) in [6.45, 7) is 0.572. The maximum absolute atomic E-state index is 11.1. The molecule has 4 N–H and O–H groups in total. The number of hydrogen-bond acceptors (Lipinski definition) is 4. The number of hydrogen-bond donors (Lipinski definition) is 3. The molecule has 1 atom stereocenters. The molecule has 0 spiro atoms. The summed E-state index contributed by atoms with van der Waals surface area (Å²) in [4.78, 5) is 0. The largest absolute Gasteiger partial charge is 0.361 e. The van der Waals surface area contributed by atoms with Gasteiger partial charge in [0.1, 0.15) is 0 Å². The third-order valence-corrected chi connectivity index (χ3v) is 4.11. The number of nitrogens with one attached hydrogen (secondary N) is 2. The highest BCUT2D eigenvalue weighted by molar-refractivity contribution is 7.91. The fourth-order valence-electron chi connectivity index (χ4n) is 1.32.